The number of para-hydroxylation sites is 1. The Hall–Kier alpha value is -2.72. The summed E-state index contributed by atoms with van der Waals surface area (Å²) in [5, 5.41) is 3.32. The van der Waals surface area contributed by atoms with Gasteiger partial charge < -0.3 is 14.8 Å². The van der Waals surface area contributed by atoms with Gasteiger partial charge in [0.25, 0.3) is 0 Å². The molecule has 3 nitrogen and oxygen atoms in total. The van der Waals surface area contributed by atoms with Crippen LogP contribution in [0.25, 0.3) is 0 Å². The molecule has 0 aliphatic heterocycles. The molecule has 3 aromatic rings. The fraction of sp³-hybridized carbons (Fsp3) is 0.143. The van der Waals surface area contributed by atoms with E-state index in [0.717, 1.165) is 22.7 Å². The molecule has 0 radical (unpaired) electrons. The zero-order valence-electron chi connectivity index (χ0n) is 14.1. The first-order valence-electron chi connectivity index (χ1n) is 8.29. The van der Waals surface area contributed by atoms with E-state index in [9.17, 15) is 4.39 Å². The highest BCUT2D eigenvalue weighted by atomic mass is 35.5. The second kappa shape index (κ2) is 9.11. The summed E-state index contributed by atoms with van der Waals surface area (Å²) in [5.41, 5.74) is 1.81. The van der Waals surface area contributed by atoms with Crippen molar-refractivity contribution in [3.63, 3.8) is 0 Å². The maximum absolute atomic E-state index is 13.2. The summed E-state index contributed by atoms with van der Waals surface area (Å²) < 4.78 is 24.5. The van der Waals surface area contributed by atoms with Crippen LogP contribution in [0.2, 0.25) is 5.02 Å². The largest absolute Gasteiger partial charge is 0.490 e. The summed E-state index contributed by atoms with van der Waals surface area (Å²) in [5.74, 6) is 1.18. The zero-order valence-corrected chi connectivity index (χ0v) is 14.9. The topological polar surface area (TPSA) is 30.5 Å². The van der Waals surface area contributed by atoms with Crippen molar-refractivity contribution >= 4 is 17.3 Å². The molecule has 0 unspecified atom stereocenters. The lowest BCUT2D eigenvalue weighted by molar-refractivity contribution is 0.217. The van der Waals surface area contributed by atoms with Gasteiger partial charge in [-0.05, 0) is 48.0 Å². The van der Waals surface area contributed by atoms with Crippen molar-refractivity contribution in [1.29, 1.82) is 0 Å². The van der Waals surface area contributed by atoms with Crippen LogP contribution in [0.5, 0.6) is 11.5 Å². The predicted octanol–water partition coefficient (Wildman–Crippen LogP) is 5.55. The van der Waals surface area contributed by atoms with Crippen LogP contribution in [0.1, 0.15) is 5.56 Å². The molecule has 0 amide bonds. The first kappa shape index (κ1) is 18.1. The van der Waals surface area contributed by atoms with Crippen molar-refractivity contribution < 1.29 is 13.9 Å². The van der Waals surface area contributed by atoms with Crippen LogP contribution in [0, 0.1) is 5.82 Å². The Morgan fingerprint density at radius 1 is 0.808 bits per heavy atom. The third kappa shape index (κ3) is 5.39. The number of anilines is 1. The van der Waals surface area contributed by atoms with Crippen LogP contribution in [-0.4, -0.2) is 13.2 Å². The van der Waals surface area contributed by atoms with Gasteiger partial charge in [-0.2, -0.15) is 0 Å². The Morgan fingerprint density at radius 3 is 2.31 bits per heavy atom. The fourth-order valence-corrected chi connectivity index (χ4v) is 2.57. The van der Waals surface area contributed by atoms with E-state index in [2.05, 4.69) is 5.32 Å². The molecular weight excluding hydrogens is 353 g/mol. The van der Waals surface area contributed by atoms with E-state index in [4.69, 9.17) is 21.1 Å². The van der Waals surface area contributed by atoms with E-state index in [-0.39, 0.29) is 5.02 Å². The van der Waals surface area contributed by atoms with E-state index in [0.29, 0.717) is 19.8 Å². The van der Waals surface area contributed by atoms with Crippen LogP contribution in [-0.2, 0) is 6.54 Å². The normalized spacial score (nSPS) is 10.4. The maximum Gasteiger partial charge on any atom is 0.141 e. The quantitative estimate of drug-likeness (QED) is 0.527. The average molecular weight is 372 g/mol. The highest BCUT2D eigenvalue weighted by Gasteiger charge is 2.02. The van der Waals surface area contributed by atoms with E-state index in [1.807, 2.05) is 54.6 Å². The summed E-state index contributed by atoms with van der Waals surface area (Å²) in [6.45, 7) is 1.51. The minimum atomic E-state index is -0.426. The van der Waals surface area contributed by atoms with Crippen molar-refractivity contribution in [2.75, 3.05) is 18.5 Å². The highest BCUT2D eigenvalue weighted by molar-refractivity contribution is 6.31. The van der Waals surface area contributed by atoms with Crippen LogP contribution in [0.4, 0.5) is 10.1 Å². The van der Waals surface area contributed by atoms with Crippen molar-refractivity contribution in [3.05, 3.63) is 89.2 Å². The summed E-state index contributed by atoms with van der Waals surface area (Å²) in [6.07, 6.45) is 0. The van der Waals surface area contributed by atoms with E-state index in [1.165, 1.54) is 6.07 Å². The molecule has 0 heterocycles. The molecule has 0 saturated heterocycles. The number of rotatable bonds is 8. The van der Waals surface area contributed by atoms with Crippen molar-refractivity contribution in [2.24, 2.45) is 0 Å². The molecule has 0 aliphatic rings. The Kier molecular flexibility index (Phi) is 6.34. The van der Waals surface area contributed by atoms with Gasteiger partial charge >= 0.3 is 0 Å². The molecular formula is C21H19ClFNO2. The molecule has 0 aliphatic carbocycles. The third-order valence-corrected chi connectivity index (χ3v) is 3.97. The third-order valence-electron chi connectivity index (χ3n) is 3.68. The Bertz CT molecular complexity index is 842. The minimum absolute atomic E-state index is 0.102. The van der Waals surface area contributed by atoms with Gasteiger partial charge in [0.2, 0.25) is 0 Å². The lowest BCUT2D eigenvalue weighted by Crippen LogP contribution is -2.09. The zero-order chi connectivity index (χ0) is 18.2. The molecule has 0 aromatic heterocycles. The number of nitrogens with one attached hydrogen (secondary N) is 1. The molecule has 26 heavy (non-hydrogen) atoms. The fourth-order valence-electron chi connectivity index (χ4n) is 2.39. The lowest BCUT2D eigenvalue weighted by Gasteiger charge is -2.11. The van der Waals surface area contributed by atoms with Gasteiger partial charge in [0.15, 0.2) is 0 Å². The average Bonchev–Trinajstić information content (AvgIpc) is 2.67. The molecule has 5 heteroatoms. The second-order valence-electron chi connectivity index (χ2n) is 5.64. The molecule has 3 aromatic carbocycles. The summed E-state index contributed by atoms with van der Waals surface area (Å²) >= 11 is 5.79. The highest BCUT2D eigenvalue weighted by Crippen LogP contribution is 2.20. The standard InChI is InChI=1S/C21H19ClFNO2/c22-20-14-17(9-10-21(20)23)24-15-16-5-4-8-19(13-16)26-12-11-25-18-6-2-1-3-7-18/h1-10,13-14,24H,11-12,15H2. The molecule has 0 atom stereocenters. The maximum atomic E-state index is 13.2. The van der Waals surface area contributed by atoms with Crippen molar-refractivity contribution in [2.45, 2.75) is 6.54 Å². The number of hydrogen-bond donors (Lipinski definition) is 1. The number of ether oxygens (including phenoxy) is 2. The predicted molar refractivity (Wildman–Crippen MR) is 103 cm³/mol. The first-order valence-corrected chi connectivity index (χ1v) is 8.67. The van der Waals surface area contributed by atoms with Gasteiger partial charge in [0, 0.05) is 12.2 Å². The van der Waals surface area contributed by atoms with Gasteiger partial charge in [0.1, 0.15) is 30.5 Å². The van der Waals surface area contributed by atoms with Gasteiger partial charge in [-0.15, -0.1) is 0 Å². The van der Waals surface area contributed by atoms with Crippen molar-refractivity contribution in [3.8, 4) is 11.5 Å². The monoisotopic (exact) mass is 371 g/mol. The molecule has 0 fully saturated rings. The van der Waals surface area contributed by atoms with E-state index >= 15 is 0 Å². The van der Waals surface area contributed by atoms with Crippen molar-refractivity contribution in [1.82, 2.24) is 0 Å². The van der Waals surface area contributed by atoms with Crippen LogP contribution in [0.3, 0.4) is 0 Å². The first-order chi connectivity index (χ1) is 12.7. The van der Waals surface area contributed by atoms with Gasteiger partial charge in [0.05, 0.1) is 5.02 Å². The molecule has 3 rings (SSSR count). The number of halogens is 2. The van der Waals surface area contributed by atoms with E-state index < -0.39 is 5.82 Å². The Labute approximate surface area is 157 Å². The summed E-state index contributed by atoms with van der Waals surface area (Å²) in [6, 6.07) is 22.0. The van der Waals surface area contributed by atoms with Crippen LogP contribution < -0.4 is 14.8 Å². The molecule has 134 valence electrons. The second-order valence-corrected chi connectivity index (χ2v) is 6.05. The Balaban J connectivity index is 1.47. The Morgan fingerprint density at radius 2 is 1.54 bits per heavy atom. The van der Waals surface area contributed by atoms with Gasteiger partial charge in [-0.3, -0.25) is 0 Å². The number of hydrogen-bond acceptors (Lipinski definition) is 3. The summed E-state index contributed by atoms with van der Waals surface area (Å²) in [7, 11) is 0. The van der Waals surface area contributed by atoms with E-state index in [1.54, 1.807) is 12.1 Å². The SMILES string of the molecule is Fc1ccc(NCc2cccc(OCCOc3ccccc3)c2)cc1Cl. The number of benzene rings is 3. The molecule has 1 N–H and O–H groups in total. The lowest BCUT2D eigenvalue weighted by atomic mass is 10.2. The van der Waals surface area contributed by atoms with Gasteiger partial charge in [-0.25, -0.2) is 4.39 Å². The van der Waals surface area contributed by atoms with Crippen LogP contribution in [0.15, 0.2) is 72.8 Å². The minimum Gasteiger partial charge on any atom is -0.490 e. The smallest absolute Gasteiger partial charge is 0.141 e. The summed E-state index contributed by atoms with van der Waals surface area (Å²) in [4.78, 5) is 0. The molecule has 0 saturated carbocycles. The molecule has 0 bridgehead atoms. The van der Waals surface area contributed by atoms with Crippen LogP contribution >= 0.6 is 11.6 Å². The molecule has 0 spiro atoms. The van der Waals surface area contributed by atoms with Gasteiger partial charge in [-0.1, -0.05) is 41.9 Å².